The van der Waals surface area contributed by atoms with Crippen LogP contribution in [0.4, 0.5) is 0 Å². The van der Waals surface area contributed by atoms with Gasteiger partial charge >= 0.3 is 0 Å². The summed E-state index contributed by atoms with van der Waals surface area (Å²) in [7, 11) is 0. The summed E-state index contributed by atoms with van der Waals surface area (Å²) in [4.78, 5) is 0. The zero-order chi connectivity index (χ0) is 12.0. The normalized spacial score (nSPS) is 9.62. The molecule has 0 N–H and O–H groups in total. The topological polar surface area (TPSA) is 42.2 Å². The number of ether oxygens (including phenoxy) is 2. The van der Waals surface area contributed by atoms with E-state index in [4.69, 9.17) is 14.7 Å². The summed E-state index contributed by atoms with van der Waals surface area (Å²) >= 11 is 6.79. The number of nitrogens with zero attached hydrogens (tertiary/aromatic N) is 1. The van der Waals surface area contributed by atoms with Crippen LogP contribution in [-0.4, -0.2) is 13.2 Å². The summed E-state index contributed by atoms with van der Waals surface area (Å²) in [5.41, 5.74) is 1.08. The molecule has 1 rings (SSSR count). The summed E-state index contributed by atoms with van der Waals surface area (Å²) in [6, 6.07) is 5.77. The number of halogens is 2. The number of nitriles is 1. The first-order valence-corrected chi connectivity index (χ1v) is 6.65. The molecular formula is C11H11Br2NO2. The molecule has 0 fully saturated rings. The second-order valence-corrected chi connectivity index (χ2v) is 4.33. The van der Waals surface area contributed by atoms with Crippen molar-refractivity contribution in [2.45, 2.75) is 12.3 Å². The van der Waals surface area contributed by atoms with Crippen molar-refractivity contribution in [1.82, 2.24) is 0 Å². The van der Waals surface area contributed by atoms with Crippen LogP contribution < -0.4 is 9.47 Å². The van der Waals surface area contributed by atoms with Crippen LogP contribution >= 0.6 is 31.9 Å². The second-order valence-electron chi connectivity index (χ2n) is 2.92. The van der Waals surface area contributed by atoms with E-state index in [0.717, 1.165) is 15.4 Å². The van der Waals surface area contributed by atoms with Crippen molar-refractivity contribution < 1.29 is 9.47 Å². The number of hydrogen-bond donors (Lipinski definition) is 0. The minimum atomic E-state index is 0.00628. The predicted molar refractivity (Wildman–Crippen MR) is 69.1 cm³/mol. The average molecular weight is 349 g/mol. The van der Waals surface area contributed by atoms with Gasteiger partial charge in [-0.25, -0.2) is 0 Å². The van der Waals surface area contributed by atoms with Crippen LogP contribution in [0.25, 0.3) is 0 Å². The summed E-state index contributed by atoms with van der Waals surface area (Å²) in [5, 5.41) is 9.24. The Kier molecular flexibility index (Phi) is 5.64. The van der Waals surface area contributed by atoms with Gasteiger partial charge in [0.15, 0.2) is 18.1 Å². The number of benzene rings is 1. The molecule has 16 heavy (non-hydrogen) atoms. The molecule has 0 radical (unpaired) electrons. The fourth-order valence-electron chi connectivity index (χ4n) is 1.21. The van der Waals surface area contributed by atoms with E-state index in [1.54, 1.807) is 0 Å². The van der Waals surface area contributed by atoms with Gasteiger partial charge in [0.2, 0.25) is 0 Å². The van der Waals surface area contributed by atoms with Crippen molar-refractivity contribution in [3.05, 3.63) is 22.2 Å². The van der Waals surface area contributed by atoms with E-state index in [1.807, 2.05) is 25.1 Å². The minimum Gasteiger partial charge on any atom is -0.490 e. The largest absolute Gasteiger partial charge is 0.490 e. The van der Waals surface area contributed by atoms with Crippen LogP contribution in [0.1, 0.15) is 12.5 Å². The quantitative estimate of drug-likeness (QED) is 0.763. The Morgan fingerprint density at radius 2 is 2.12 bits per heavy atom. The molecule has 0 spiro atoms. The van der Waals surface area contributed by atoms with Gasteiger partial charge < -0.3 is 9.47 Å². The zero-order valence-corrected chi connectivity index (χ0v) is 12.0. The number of hydrogen-bond acceptors (Lipinski definition) is 3. The molecule has 1 aromatic rings. The molecule has 0 atom stereocenters. The molecule has 0 aromatic heterocycles. The summed E-state index contributed by atoms with van der Waals surface area (Å²) in [6.07, 6.45) is 0. The highest BCUT2D eigenvalue weighted by Crippen LogP contribution is 2.37. The van der Waals surface area contributed by atoms with Crippen molar-refractivity contribution >= 4 is 31.9 Å². The highest BCUT2D eigenvalue weighted by molar-refractivity contribution is 9.10. The lowest BCUT2D eigenvalue weighted by Crippen LogP contribution is -2.00. The van der Waals surface area contributed by atoms with Crippen LogP contribution in [0.2, 0.25) is 0 Å². The van der Waals surface area contributed by atoms with Crippen LogP contribution in [0.5, 0.6) is 11.5 Å². The maximum Gasteiger partial charge on any atom is 0.176 e. The molecule has 0 unspecified atom stereocenters. The van der Waals surface area contributed by atoms with Gasteiger partial charge in [-0.15, -0.1) is 0 Å². The van der Waals surface area contributed by atoms with E-state index in [9.17, 15) is 0 Å². The third-order valence-electron chi connectivity index (χ3n) is 1.80. The molecule has 86 valence electrons. The maximum absolute atomic E-state index is 8.50. The monoisotopic (exact) mass is 347 g/mol. The van der Waals surface area contributed by atoms with E-state index in [-0.39, 0.29) is 6.61 Å². The Bertz CT molecular complexity index is 402. The Balaban J connectivity index is 3.07. The maximum atomic E-state index is 8.50. The molecule has 0 heterocycles. The van der Waals surface area contributed by atoms with Gasteiger partial charge in [-0.3, -0.25) is 0 Å². The van der Waals surface area contributed by atoms with Crippen LogP contribution in [0, 0.1) is 11.3 Å². The molecule has 0 aliphatic rings. The van der Waals surface area contributed by atoms with Crippen molar-refractivity contribution in [3.8, 4) is 17.6 Å². The summed E-state index contributed by atoms with van der Waals surface area (Å²) in [6.45, 7) is 2.47. The van der Waals surface area contributed by atoms with E-state index in [1.165, 1.54) is 0 Å². The second kappa shape index (κ2) is 6.77. The average Bonchev–Trinajstić information content (AvgIpc) is 2.28. The van der Waals surface area contributed by atoms with Gasteiger partial charge in [0.1, 0.15) is 6.07 Å². The molecule has 0 saturated carbocycles. The van der Waals surface area contributed by atoms with Gasteiger partial charge in [0.05, 0.1) is 11.1 Å². The molecule has 1 aromatic carbocycles. The summed E-state index contributed by atoms with van der Waals surface area (Å²) in [5.74, 6) is 1.23. The van der Waals surface area contributed by atoms with E-state index in [0.29, 0.717) is 18.1 Å². The first-order valence-electron chi connectivity index (χ1n) is 4.73. The third-order valence-corrected chi connectivity index (χ3v) is 3.04. The molecular weight excluding hydrogens is 338 g/mol. The fourth-order valence-corrected chi connectivity index (χ4v) is 2.13. The Labute approximate surface area is 112 Å². The molecule has 0 aliphatic heterocycles. The number of rotatable bonds is 5. The van der Waals surface area contributed by atoms with Gasteiger partial charge in [-0.1, -0.05) is 15.9 Å². The lowest BCUT2D eigenvalue weighted by molar-refractivity contribution is 0.297. The highest BCUT2D eigenvalue weighted by atomic mass is 79.9. The Hall–Kier alpha value is -0.730. The smallest absolute Gasteiger partial charge is 0.176 e. The molecule has 3 nitrogen and oxygen atoms in total. The molecule has 0 bridgehead atoms. The molecule has 0 amide bonds. The highest BCUT2D eigenvalue weighted by Gasteiger charge is 2.11. The van der Waals surface area contributed by atoms with Crippen LogP contribution in [-0.2, 0) is 5.33 Å². The molecule has 0 aliphatic carbocycles. The SMILES string of the molecule is CCOc1cc(CBr)cc(Br)c1OCC#N. The van der Waals surface area contributed by atoms with Gasteiger partial charge in [0.25, 0.3) is 0 Å². The van der Waals surface area contributed by atoms with Crippen LogP contribution in [0.3, 0.4) is 0 Å². The van der Waals surface area contributed by atoms with Crippen molar-refractivity contribution in [1.29, 1.82) is 5.26 Å². The first kappa shape index (κ1) is 13.3. The van der Waals surface area contributed by atoms with E-state index >= 15 is 0 Å². The Morgan fingerprint density at radius 3 is 2.69 bits per heavy atom. The minimum absolute atomic E-state index is 0.00628. The van der Waals surface area contributed by atoms with Crippen molar-refractivity contribution in [2.24, 2.45) is 0 Å². The zero-order valence-electron chi connectivity index (χ0n) is 8.80. The van der Waals surface area contributed by atoms with E-state index < -0.39 is 0 Å². The van der Waals surface area contributed by atoms with Gasteiger partial charge in [0, 0.05) is 5.33 Å². The number of alkyl halides is 1. The van der Waals surface area contributed by atoms with Gasteiger partial charge in [-0.2, -0.15) is 5.26 Å². The van der Waals surface area contributed by atoms with Crippen molar-refractivity contribution in [2.75, 3.05) is 13.2 Å². The van der Waals surface area contributed by atoms with E-state index in [2.05, 4.69) is 31.9 Å². The molecule has 5 heteroatoms. The lowest BCUT2D eigenvalue weighted by atomic mass is 10.2. The third kappa shape index (κ3) is 3.39. The standard InChI is InChI=1S/C11H11Br2NO2/c1-2-15-10-6-8(7-12)5-9(13)11(10)16-4-3-14/h5-6H,2,4,7H2,1H3. The van der Waals surface area contributed by atoms with Gasteiger partial charge in [-0.05, 0) is 40.5 Å². The Morgan fingerprint density at radius 1 is 1.38 bits per heavy atom. The van der Waals surface area contributed by atoms with Crippen LogP contribution in [0.15, 0.2) is 16.6 Å². The lowest BCUT2D eigenvalue weighted by Gasteiger charge is -2.13. The summed E-state index contributed by atoms with van der Waals surface area (Å²) < 4.78 is 11.6. The fraction of sp³-hybridized carbons (Fsp3) is 0.364. The van der Waals surface area contributed by atoms with Crippen molar-refractivity contribution in [3.63, 3.8) is 0 Å². The predicted octanol–water partition coefficient (Wildman–Crippen LogP) is 3.65. The first-order chi connectivity index (χ1) is 7.72. The molecule has 0 saturated heterocycles.